The van der Waals surface area contributed by atoms with Crippen LogP contribution >= 0.6 is 0 Å². The summed E-state index contributed by atoms with van der Waals surface area (Å²) in [7, 11) is 0. The number of aromatic nitrogens is 1. The van der Waals surface area contributed by atoms with Gasteiger partial charge in [0.2, 0.25) is 0 Å². The minimum Gasteiger partial charge on any atom is -0.409 e. The van der Waals surface area contributed by atoms with Gasteiger partial charge in [-0.25, -0.2) is 0 Å². The number of nitrogens with two attached hydrogens (primary N) is 1. The van der Waals surface area contributed by atoms with Crippen LogP contribution in [0.1, 0.15) is 55.1 Å². The molecule has 1 heterocycles. The molecule has 4 N–H and O–H groups in total. The van der Waals surface area contributed by atoms with Crippen molar-refractivity contribution < 1.29 is 10.0 Å². The second-order valence-corrected chi connectivity index (χ2v) is 5.52. The molecule has 1 aliphatic carbocycles. The fraction of sp³-hybridized carbons (Fsp3) is 0.533. The molecule has 1 aliphatic rings. The molecule has 1 amide bonds. The number of pyridine rings is 1. The summed E-state index contributed by atoms with van der Waals surface area (Å²) in [4.78, 5) is 16.2. The van der Waals surface area contributed by atoms with Crippen LogP contribution in [0.4, 0.5) is 0 Å². The normalized spacial score (nSPS) is 22.8. The minimum absolute atomic E-state index is 0.0210. The predicted octanol–water partition coefficient (Wildman–Crippen LogP) is 1.87. The number of rotatable bonds is 4. The molecule has 0 saturated heterocycles. The lowest BCUT2D eigenvalue weighted by molar-refractivity contribution is 0.0916. The Morgan fingerprint density at radius 2 is 2.14 bits per heavy atom. The largest absolute Gasteiger partial charge is 0.409 e. The smallest absolute Gasteiger partial charge is 0.270 e. The van der Waals surface area contributed by atoms with Gasteiger partial charge < -0.3 is 16.3 Å². The summed E-state index contributed by atoms with van der Waals surface area (Å²) in [5.41, 5.74) is 6.29. The van der Waals surface area contributed by atoms with Crippen molar-refractivity contribution in [3.8, 4) is 0 Å². The third-order valence-electron chi connectivity index (χ3n) is 4.16. The number of hydrogen-bond acceptors (Lipinski definition) is 4. The second kappa shape index (κ2) is 7.06. The van der Waals surface area contributed by atoms with E-state index in [4.69, 9.17) is 10.9 Å². The average molecular weight is 290 g/mol. The Hall–Kier alpha value is -2.11. The number of oxime groups is 1. The van der Waals surface area contributed by atoms with Gasteiger partial charge in [0, 0.05) is 17.8 Å². The molecule has 1 aromatic heterocycles. The molecule has 114 valence electrons. The first-order valence-corrected chi connectivity index (χ1v) is 7.38. The van der Waals surface area contributed by atoms with Gasteiger partial charge in [-0.05, 0) is 43.7 Å². The van der Waals surface area contributed by atoms with Crippen molar-refractivity contribution in [2.24, 2.45) is 16.8 Å². The first kappa shape index (κ1) is 15.3. The van der Waals surface area contributed by atoms with E-state index >= 15 is 0 Å². The van der Waals surface area contributed by atoms with E-state index in [-0.39, 0.29) is 17.8 Å². The summed E-state index contributed by atoms with van der Waals surface area (Å²) in [5.74, 6) is 0.615. The van der Waals surface area contributed by atoms with Gasteiger partial charge in [-0.2, -0.15) is 0 Å². The van der Waals surface area contributed by atoms with Crippen LogP contribution < -0.4 is 11.1 Å². The van der Waals surface area contributed by atoms with E-state index in [1.54, 1.807) is 12.1 Å². The maximum Gasteiger partial charge on any atom is 0.270 e. The Kier molecular flexibility index (Phi) is 5.14. The van der Waals surface area contributed by atoms with Gasteiger partial charge in [0.15, 0.2) is 5.84 Å². The van der Waals surface area contributed by atoms with Crippen LogP contribution in [0.15, 0.2) is 23.5 Å². The molecule has 0 spiro atoms. The molecule has 2 rings (SSSR count). The van der Waals surface area contributed by atoms with Crippen LogP contribution in [-0.4, -0.2) is 28.0 Å². The van der Waals surface area contributed by atoms with E-state index in [0.717, 1.165) is 18.8 Å². The lowest BCUT2D eigenvalue weighted by Gasteiger charge is -2.28. The minimum atomic E-state index is -0.166. The quantitative estimate of drug-likeness (QED) is 0.341. The van der Waals surface area contributed by atoms with E-state index in [0.29, 0.717) is 11.3 Å². The van der Waals surface area contributed by atoms with Crippen LogP contribution in [0, 0.1) is 5.92 Å². The lowest BCUT2D eigenvalue weighted by Crippen LogP contribution is -2.38. The summed E-state index contributed by atoms with van der Waals surface area (Å²) < 4.78 is 0. The van der Waals surface area contributed by atoms with Gasteiger partial charge in [0.25, 0.3) is 5.91 Å². The highest BCUT2D eigenvalue weighted by molar-refractivity contribution is 5.98. The Bertz CT molecular complexity index is 505. The van der Waals surface area contributed by atoms with E-state index in [9.17, 15) is 4.79 Å². The second-order valence-electron chi connectivity index (χ2n) is 5.52. The molecule has 0 radical (unpaired) electrons. The zero-order valence-corrected chi connectivity index (χ0v) is 12.2. The molecule has 1 fully saturated rings. The Morgan fingerprint density at radius 3 is 2.67 bits per heavy atom. The first-order valence-electron chi connectivity index (χ1n) is 7.38. The highest BCUT2D eigenvalue weighted by Crippen LogP contribution is 2.26. The number of nitrogens with one attached hydrogen (secondary N) is 1. The van der Waals surface area contributed by atoms with E-state index in [1.807, 2.05) is 0 Å². The Labute approximate surface area is 124 Å². The first-order chi connectivity index (χ1) is 10.1. The van der Waals surface area contributed by atoms with Crippen LogP contribution in [0.3, 0.4) is 0 Å². The van der Waals surface area contributed by atoms with Crippen LogP contribution in [0.5, 0.6) is 0 Å². The molecular formula is C15H22N4O2. The van der Waals surface area contributed by atoms with Crippen molar-refractivity contribution in [1.82, 2.24) is 10.3 Å². The zero-order valence-electron chi connectivity index (χ0n) is 12.2. The molecule has 0 aromatic carbocycles. The number of carbonyl (C=O) groups excluding carboxylic acids is 1. The third-order valence-corrected chi connectivity index (χ3v) is 4.16. The number of amidine groups is 1. The van der Waals surface area contributed by atoms with Gasteiger partial charge in [-0.3, -0.25) is 9.78 Å². The highest BCUT2D eigenvalue weighted by Gasteiger charge is 2.22. The summed E-state index contributed by atoms with van der Waals surface area (Å²) in [6.07, 6.45) is 7.07. The van der Waals surface area contributed by atoms with Gasteiger partial charge in [-0.15, -0.1) is 0 Å². The van der Waals surface area contributed by atoms with Crippen LogP contribution in [0.2, 0.25) is 0 Å². The van der Waals surface area contributed by atoms with Gasteiger partial charge in [-0.1, -0.05) is 18.5 Å². The van der Waals surface area contributed by atoms with E-state index in [1.165, 1.54) is 25.5 Å². The van der Waals surface area contributed by atoms with Crippen LogP contribution in [-0.2, 0) is 0 Å². The average Bonchev–Trinajstić information content (AvgIpc) is 2.55. The SMILES string of the molecule is CCC1CCC(NC(=O)c2ccc(C(N)=NO)cn2)CC1. The molecule has 21 heavy (non-hydrogen) atoms. The maximum absolute atomic E-state index is 12.1. The summed E-state index contributed by atoms with van der Waals surface area (Å²) in [5, 5.41) is 14.5. The van der Waals surface area contributed by atoms with Crippen molar-refractivity contribution in [1.29, 1.82) is 0 Å². The van der Waals surface area contributed by atoms with Crippen molar-refractivity contribution >= 4 is 11.7 Å². The summed E-state index contributed by atoms with van der Waals surface area (Å²) in [6, 6.07) is 3.44. The lowest BCUT2D eigenvalue weighted by atomic mass is 9.84. The topological polar surface area (TPSA) is 101 Å². The molecule has 0 bridgehead atoms. The molecule has 0 aliphatic heterocycles. The summed E-state index contributed by atoms with van der Waals surface area (Å²) in [6.45, 7) is 2.22. The van der Waals surface area contributed by atoms with Crippen molar-refractivity contribution in [2.75, 3.05) is 0 Å². The number of nitrogens with zero attached hydrogens (tertiary/aromatic N) is 2. The molecule has 0 atom stereocenters. The fourth-order valence-electron chi connectivity index (χ4n) is 2.71. The monoisotopic (exact) mass is 290 g/mol. The molecular weight excluding hydrogens is 268 g/mol. The Balaban J connectivity index is 1.92. The number of amides is 1. The number of hydrogen-bond donors (Lipinski definition) is 3. The molecule has 6 heteroatoms. The van der Waals surface area contributed by atoms with Gasteiger partial charge in [0.1, 0.15) is 5.69 Å². The number of carbonyl (C=O) groups is 1. The van der Waals surface area contributed by atoms with E-state index < -0.39 is 0 Å². The Morgan fingerprint density at radius 1 is 1.43 bits per heavy atom. The molecule has 0 unspecified atom stereocenters. The van der Waals surface area contributed by atoms with E-state index in [2.05, 4.69) is 22.4 Å². The van der Waals surface area contributed by atoms with Crippen LogP contribution in [0.25, 0.3) is 0 Å². The molecule has 1 aromatic rings. The standard InChI is InChI=1S/C15H22N4O2/c1-2-10-3-6-12(7-4-10)18-15(20)13-8-5-11(9-17-13)14(16)19-21/h5,8-10,12,21H,2-4,6-7H2,1H3,(H2,16,19)(H,18,20). The van der Waals surface area contributed by atoms with Crippen molar-refractivity contribution in [2.45, 2.75) is 45.1 Å². The van der Waals surface area contributed by atoms with Crippen molar-refractivity contribution in [3.05, 3.63) is 29.6 Å². The van der Waals surface area contributed by atoms with Gasteiger partial charge >= 0.3 is 0 Å². The molecule has 6 nitrogen and oxygen atoms in total. The van der Waals surface area contributed by atoms with Gasteiger partial charge in [0.05, 0.1) is 0 Å². The molecule has 1 saturated carbocycles. The maximum atomic E-state index is 12.1. The zero-order chi connectivity index (χ0) is 15.2. The summed E-state index contributed by atoms with van der Waals surface area (Å²) >= 11 is 0. The highest BCUT2D eigenvalue weighted by atomic mass is 16.4. The fourth-order valence-corrected chi connectivity index (χ4v) is 2.71. The third kappa shape index (κ3) is 3.93. The van der Waals surface area contributed by atoms with Crippen molar-refractivity contribution in [3.63, 3.8) is 0 Å². The predicted molar refractivity (Wildman–Crippen MR) is 80.3 cm³/mol.